The molecule has 47 heavy (non-hydrogen) atoms. The molecule has 258 valence electrons. The normalized spacial score (nSPS) is 13.3. The zero-order chi connectivity index (χ0) is 34.6. The van der Waals surface area contributed by atoms with E-state index in [9.17, 15) is 29.4 Å². The number of hydrogen-bond acceptors (Lipinski definition) is 9. The average Bonchev–Trinajstić information content (AvgIpc) is 3.06. The minimum absolute atomic E-state index is 0.0790. The highest BCUT2D eigenvalue weighted by Crippen LogP contribution is 2.11. The van der Waals surface area contributed by atoms with E-state index in [0.717, 1.165) is 11.3 Å². The summed E-state index contributed by atoms with van der Waals surface area (Å²) in [5, 5.41) is 39.9. The van der Waals surface area contributed by atoms with E-state index in [0.29, 0.717) is 24.8 Å². The van der Waals surface area contributed by atoms with Crippen LogP contribution in [0.3, 0.4) is 0 Å². The number of phenols is 1. The van der Waals surface area contributed by atoms with Gasteiger partial charge in [0.2, 0.25) is 23.6 Å². The topological polar surface area (TPSA) is 245 Å². The monoisotopic (exact) mass is 672 g/mol. The lowest BCUT2D eigenvalue weighted by atomic mass is 10.0. The van der Waals surface area contributed by atoms with Crippen molar-refractivity contribution < 1.29 is 29.4 Å². The molecular weight excluding hydrogens is 624 g/mol. The Bertz CT molecular complexity index is 1280. The largest absolute Gasteiger partial charge is 0.508 e. The van der Waals surface area contributed by atoms with E-state index in [4.69, 9.17) is 16.9 Å². The van der Waals surface area contributed by atoms with E-state index in [1.165, 1.54) is 12.1 Å². The summed E-state index contributed by atoms with van der Waals surface area (Å²) in [6.07, 6.45) is 3.97. The molecule has 0 fully saturated rings. The number of thioether (sulfide) groups is 1. The van der Waals surface area contributed by atoms with E-state index >= 15 is 0 Å². The van der Waals surface area contributed by atoms with Crippen molar-refractivity contribution in [3.05, 3.63) is 65.7 Å². The van der Waals surface area contributed by atoms with E-state index in [1.807, 2.05) is 36.6 Å². The second kappa shape index (κ2) is 21.5. The van der Waals surface area contributed by atoms with Gasteiger partial charge in [0.15, 0.2) is 5.96 Å². The second-order valence-electron chi connectivity index (χ2n) is 11.1. The molecule has 14 nitrogen and oxygen atoms in total. The molecule has 2 aromatic carbocycles. The summed E-state index contributed by atoms with van der Waals surface area (Å²) in [5.41, 5.74) is 13.1. The summed E-state index contributed by atoms with van der Waals surface area (Å²) in [4.78, 5) is 52.3. The van der Waals surface area contributed by atoms with E-state index in [1.54, 1.807) is 23.9 Å². The van der Waals surface area contributed by atoms with Crippen molar-refractivity contribution >= 4 is 41.4 Å². The van der Waals surface area contributed by atoms with Crippen molar-refractivity contribution in [2.24, 2.45) is 11.5 Å². The molecule has 0 aliphatic heterocycles. The van der Waals surface area contributed by atoms with Crippen molar-refractivity contribution in [3.63, 3.8) is 0 Å². The molecule has 0 saturated carbocycles. The summed E-state index contributed by atoms with van der Waals surface area (Å²) in [6, 6.07) is 12.3. The second-order valence-corrected chi connectivity index (χ2v) is 12.0. The van der Waals surface area contributed by atoms with Crippen LogP contribution in [0.15, 0.2) is 54.6 Å². The number of phenolic OH excluding ortho intramolecular Hbond substituents is 1. The predicted octanol–water partition coefficient (Wildman–Crippen LogP) is -0.526. The third-order valence-electron chi connectivity index (χ3n) is 7.22. The van der Waals surface area contributed by atoms with Gasteiger partial charge in [-0.15, -0.1) is 0 Å². The van der Waals surface area contributed by atoms with Crippen LogP contribution in [-0.4, -0.2) is 95.7 Å². The van der Waals surface area contributed by atoms with Gasteiger partial charge in [0.25, 0.3) is 0 Å². The van der Waals surface area contributed by atoms with Gasteiger partial charge in [-0.2, -0.15) is 11.8 Å². The van der Waals surface area contributed by atoms with Gasteiger partial charge in [-0.3, -0.25) is 24.6 Å². The quantitative estimate of drug-likeness (QED) is 0.0462. The van der Waals surface area contributed by atoms with Gasteiger partial charge in [0.05, 0.1) is 25.2 Å². The molecule has 0 aliphatic carbocycles. The first-order chi connectivity index (χ1) is 22.5. The summed E-state index contributed by atoms with van der Waals surface area (Å²) in [7, 11) is 0. The SMILES string of the molecule is CSCC[C@@H](CO)NC(=O)[C@H](CCc1ccccc1)NC(=O)CNC(=O)[C@@H](CCCNC(=N)N)NC(=O)[C@@H](N)Cc1ccc(O)cc1. The minimum Gasteiger partial charge on any atom is -0.508 e. The minimum atomic E-state index is -1.05. The van der Waals surface area contributed by atoms with E-state index in [-0.39, 0.29) is 44.1 Å². The van der Waals surface area contributed by atoms with Crippen molar-refractivity contribution in [2.45, 2.75) is 62.7 Å². The fourth-order valence-corrected chi connectivity index (χ4v) is 5.11. The molecule has 0 radical (unpaired) electrons. The Labute approximate surface area is 279 Å². The Morgan fingerprint density at radius 3 is 2.17 bits per heavy atom. The molecule has 0 saturated heterocycles. The lowest BCUT2D eigenvalue weighted by Crippen LogP contribution is -2.55. The summed E-state index contributed by atoms with van der Waals surface area (Å²) < 4.78 is 0. The lowest BCUT2D eigenvalue weighted by Gasteiger charge is -2.23. The number of aromatic hydroxyl groups is 1. The first kappa shape index (κ1) is 38.8. The van der Waals surface area contributed by atoms with E-state index < -0.39 is 54.3 Å². The molecule has 15 heteroatoms. The zero-order valence-corrected chi connectivity index (χ0v) is 27.5. The number of carbonyl (C=O) groups is 4. The number of hydrogen-bond donors (Lipinski definition) is 10. The molecule has 0 aromatic heterocycles. The van der Waals surface area contributed by atoms with Gasteiger partial charge < -0.3 is 48.3 Å². The molecule has 0 heterocycles. The fraction of sp³-hybridized carbons (Fsp3) is 0.469. The Balaban J connectivity index is 2.04. The van der Waals surface area contributed by atoms with Crippen LogP contribution in [0.5, 0.6) is 5.75 Å². The lowest BCUT2D eigenvalue weighted by molar-refractivity contribution is -0.132. The van der Waals surface area contributed by atoms with Gasteiger partial charge in [0, 0.05) is 6.54 Å². The van der Waals surface area contributed by atoms with Gasteiger partial charge in [0.1, 0.15) is 17.8 Å². The number of amides is 4. The average molecular weight is 673 g/mol. The number of aryl methyl sites for hydroxylation is 1. The molecule has 12 N–H and O–H groups in total. The van der Waals surface area contributed by atoms with Crippen LogP contribution in [0, 0.1) is 5.41 Å². The molecule has 2 rings (SSSR count). The molecule has 2 aromatic rings. The number of aliphatic hydroxyl groups is 1. The highest BCUT2D eigenvalue weighted by atomic mass is 32.2. The molecule has 0 unspecified atom stereocenters. The number of carbonyl (C=O) groups excluding carboxylic acids is 4. The summed E-state index contributed by atoms with van der Waals surface area (Å²) >= 11 is 1.59. The Kier molecular flexibility index (Phi) is 17.7. The number of nitrogens with two attached hydrogens (primary N) is 2. The van der Waals surface area contributed by atoms with Crippen molar-refractivity contribution in [1.29, 1.82) is 5.41 Å². The smallest absolute Gasteiger partial charge is 0.243 e. The van der Waals surface area contributed by atoms with Crippen molar-refractivity contribution in [3.8, 4) is 5.75 Å². The number of aliphatic hydroxyl groups excluding tert-OH is 1. The number of guanidine groups is 1. The number of rotatable bonds is 21. The van der Waals surface area contributed by atoms with Gasteiger partial charge >= 0.3 is 0 Å². The standard InChI is InChI=1S/C32H48N8O6S/c1-47-17-15-23(20-41)38-31(46)27(14-11-21-6-3-2-4-7-21)39-28(43)19-37-30(45)26(8-5-16-36-32(34)35)40-29(44)25(33)18-22-9-12-24(42)13-10-22/h2-4,6-7,9-10,12-13,23,25-27,41-42H,5,8,11,14-20,33H2,1H3,(H,37,45)(H,38,46)(H,39,43)(H,40,44)(H4,34,35,36)/t23-,25-,26+,27-/m0/s1. The number of benzene rings is 2. The molecule has 0 aliphatic rings. The molecular formula is C32H48N8O6S. The summed E-state index contributed by atoms with van der Waals surface area (Å²) in [5.74, 6) is -1.67. The first-order valence-corrected chi connectivity index (χ1v) is 16.8. The maximum atomic E-state index is 13.2. The van der Waals surface area contributed by atoms with Crippen molar-refractivity contribution in [2.75, 3.05) is 31.7 Å². The Morgan fingerprint density at radius 2 is 1.53 bits per heavy atom. The van der Waals surface area contributed by atoms with Gasteiger partial charge in [-0.25, -0.2) is 0 Å². The number of nitrogens with one attached hydrogen (secondary N) is 6. The van der Waals surface area contributed by atoms with Gasteiger partial charge in [-0.05, 0) is 73.8 Å². The van der Waals surface area contributed by atoms with E-state index in [2.05, 4.69) is 26.6 Å². The highest BCUT2D eigenvalue weighted by Gasteiger charge is 2.26. The van der Waals surface area contributed by atoms with Crippen LogP contribution in [0.2, 0.25) is 0 Å². The zero-order valence-electron chi connectivity index (χ0n) is 26.7. The van der Waals surface area contributed by atoms with Gasteiger partial charge in [-0.1, -0.05) is 42.5 Å². The van der Waals surface area contributed by atoms with Crippen LogP contribution in [0.1, 0.15) is 36.8 Å². The molecule has 0 spiro atoms. The van der Waals surface area contributed by atoms with Crippen LogP contribution < -0.4 is 38.1 Å². The first-order valence-electron chi connectivity index (χ1n) is 15.4. The summed E-state index contributed by atoms with van der Waals surface area (Å²) in [6.45, 7) is -0.421. The van der Waals surface area contributed by atoms with Crippen molar-refractivity contribution in [1.82, 2.24) is 26.6 Å². The van der Waals surface area contributed by atoms with Crippen LogP contribution in [0.4, 0.5) is 0 Å². The third kappa shape index (κ3) is 15.7. The van der Waals surface area contributed by atoms with Crippen LogP contribution >= 0.6 is 11.8 Å². The predicted molar refractivity (Wildman–Crippen MR) is 183 cm³/mol. The Morgan fingerprint density at radius 1 is 0.851 bits per heavy atom. The Hall–Kier alpha value is -4.34. The third-order valence-corrected chi connectivity index (χ3v) is 7.87. The molecule has 0 bridgehead atoms. The van der Waals surface area contributed by atoms with Crippen LogP contribution in [-0.2, 0) is 32.0 Å². The fourth-order valence-electron chi connectivity index (χ4n) is 4.59. The van der Waals surface area contributed by atoms with Crippen LogP contribution in [0.25, 0.3) is 0 Å². The maximum absolute atomic E-state index is 13.2. The molecule has 4 amide bonds. The molecule has 4 atom stereocenters. The maximum Gasteiger partial charge on any atom is 0.243 e. The highest BCUT2D eigenvalue weighted by molar-refractivity contribution is 7.98.